The number of nitrogens with zero attached hydrogens (tertiary/aromatic N) is 3. The van der Waals surface area contributed by atoms with Crippen LogP contribution in [0.2, 0.25) is 0 Å². The Morgan fingerprint density at radius 1 is 1.10 bits per heavy atom. The molecule has 3 heterocycles. The van der Waals surface area contributed by atoms with Gasteiger partial charge in [-0.15, -0.1) is 11.3 Å². The second-order valence-electron chi connectivity index (χ2n) is 9.75. The van der Waals surface area contributed by atoms with Crippen LogP contribution >= 0.6 is 23.6 Å². The molecule has 0 aliphatic carbocycles. The summed E-state index contributed by atoms with van der Waals surface area (Å²) in [5.74, 6) is 0.808. The summed E-state index contributed by atoms with van der Waals surface area (Å²) < 4.78 is 1.24. The van der Waals surface area contributed by atoms with Gasteiger partial charge < -0.3 is 15.1 Å². The summed E-state index contributed by atoms with van der Waals surface area (Å²) in [7, 11) is 0. The molecule has 0 bridgehead atoms. The molecule has 2 saturated heterocycles. The minimum absolute atomic E-state index is 0.0718. The average molecular weight is 431 g/mol. The van der Waals surface area contributed by atoms with E-state index in [-0.39, 0.29) is 5.41 Å². The molecule has 1 aromatic heterocycles. The quantitative estimate of drug-likeness (QED) is 0.590. The van der Waals surface area contributed by atoms with Crippen molar-refractivity contribution in [1.82, 2.24) is 9.88 Å². The zero-order chi connectivity index (χ0) is 20.6. The minimum atomic E-state index is 0.0718. The molecule has 29 heavy (non-hydrogen) atoms. The van der Waals surface area contributed by atoms with Gasteiger partial charge in [-0.05, 0) is 62.4 Å². The maximum Gasteiger partial charge on any atom is 0.173 e. The lowest BCUT2D eigenvalue weighted by atomic mass is 9.98. The van der Waals surface area contributed by atoms with Crippen molar-refractivity contribution in [3.63, 3.8) is 0 Å². The SMILES string of the molecule is CC1CCN(C(=S)Nc2cc3sc(C(C)(C)C)nc3cc2N2CCCCC2)CC1. The highest BCUT2D eigenvalue weighted by Gasteiger charge is 2.23. The Morgan fingerprint density at radius 3 is 2.45 bits per heavy atom. The molecule has 2 aromatic rings. The summed E-state index contributed by atoms with van der Waals surface area (Å²) in [5, 5.41) is 5.69. The van der Waals surface area contributed by atoms with Crippen molar-refractivity contribution in [3.8, 4) is 0 Å². The number of rotatable bonds is 2. The number of hydrogen-bond acceptors (Lipinski definition) is 4. The van der Waals surface area contributed by atoms with Crippen LogP contribution in [0.1, 0.15) is 64.8 Å². The molecule has 1 aromatic carbocycles. The summed E-state index contributed by atoms with van der Waals surface area (Å²) in [6.45, 7) is 13.4. The number of anilines is 2. The molecule has 0 unspecified atom stereocenters. The van der Waals surface area contributed by atoms with E-state index in [4.69, 9.17) is 17.2 Å². The fourth-order valence-electron chi connectivity index (χ4n) is 4.19. The lowest BCUT2D eigenvalue weighted by Gasteiger charge is -2.34. The number of nitrogens with one attached hydrogen (secondary N) is 1. The van der Waals surface area contributed by atoms with Gasteiger partial charge in [0.15, 0.2) is 5.11 Å². The largest absolute Gasteiger partial charge is 0.370 e. The molecular weight excluding hydrogens is 396 g/mol. The van der Waals surface area contributed by atoms with E-state index in [9.17, 15) is 0 Å². The highest BCUT2D eigenvalue weighted by molar-refractivity contribution is 7.80. The summed E-state index contributed by atoms with van der Waals surface area (Å²) in [4.78, 5) is 9.83. The Labute approximate surface area is 184 Å². The normalized spacial score (nSPS) is 19.0. The number of likely N-dealkylation sites (tertiary alicyclic amines) is 1. The van der Waals surface area contributed by atoms with Crippen molar-refractivity contribution in [1.29, 1.82) is 0 Å². The van der Waals surface area contributed by atoms with E-state index in [1.807, 2.05) is 11.3 Å². The second-order valence-corrected chi connectivity index (χ2v) is 11.2. The van der Waals surface area contributed by atoms with Crippen LogP contribution in [0.3, 0.4) is 0 Å². The molecule has 0 spiro atoms. The van der Waals surface area contributed by atoms with Gasteiger partial charge in [0, 0.05) is 31.6 Å². The van der Waals surface area contributed by atoms with Crippen molar-refractivity contribution < 1.29 is 0 Å². The Hall–Kier alpha value is -1.40. The van der Waals surface area contributed by atoms with Crippen molar-refractivity contribution in [2.24, 2.45) is 5.92 Å². The maximum absolute atomic E-state index is 5.83. The van der Waals surface area contributed by atoms with Gasteiger partial charge in [-0.25, -0.2) is 4.98 Å². The molecule has 0 atom stereocenters. The fraction of sp³-hybridized carbons (Fsp3) is 0.652. The molecule has 4 rings (SSSR count). The second kappa shape index (κ2) is 8.38. The Morgan fingerprint density at radius 2 is 1.79 bits per heavy atom. The fourth-order valence-corrected chi connectivity index (χ4v) is 5.52. The van der Waals surface area contributed by atoms with Crippen LogP contribution in [-0.2, 0) is 5.41 Å². The number of hydrogen-bond donors (Lipinski definition) is 1. The van der Waals surface area contributed by atoms with E-state index in [1.165, 1.54) is 47.5 Å². The van der Waals surface area contributed by atoms with Crippen molar-refractivity contribution >= 4 is 50.3 Å². The number of aromatic nitrogens is 1. The van der Waals surface area contributed by atoms with Gasteiger partial charge in [0.25, 0.3) is 0 Å². The van der Waals surface area contributed by atoms with Gasteiger partial charge in [0.2, 0.25) is 0 Å². The van der Waals surface area contributed by atoms with Gasteiger partial charge in [0.05, 0.1) is 26.6 Å². The molecule has 1 N–H and O–H groups in total. The first-order chi connectivity index (χ1) is 13.8. The van der Waals surface area contributed by atoms with Crippen molar-refractivity contribution in [2.75, 3.05) is 36.4 Å². The molecule has 0 saturated carbocycles. The number of thiazole rings is 1. The number of benzene rings is 1. The van der Waals surface area contributed by atoms with E-state index in [1.54, 1.807) is 0 Å². The van der Waals surface area contributed by atoms with Crippen LogP contribution in [0.15, 0.2) is 12.1 Å². The molecule has 2 aliphatic heterocycles. The monoisotopic (exact) mass is 430 g/mol. The molecule has 4 nitrogen and oxygen atoms in total. The third-order valence-electron chi connectivity index (χ3n) is 6.16. The number of piperidine rings is 2. The Kier molecular flexibility index (Phi) is 6.03. The van der Waals surface area contributed by atoms with E-state index in [2.05, 4.69) is 54.9 Å². The first-order valence-corrected chi connectivity index (χ1v) is 12.3. The summed E-state index contributed by atoms with van der Waals surface area (Å²) in [6, 6.07) is 4.57. The first-order valence-electron chi connectivity index (χ1n) is 11.1. The van der Waals surface area contributed by atoms with E-state index < -0.39 is 0 Å². The zero-order valence-corrected chi connectivity index (χ0v) is 19.9. The molecule has 0 amide bonds. The summed E-state index contributed by atoms with van der Waals surface area (Å²) in [5.41, 5.74) is 3.59. The van der Waals surface area contributed by atoms with Gasteiger partial charge in [-0.2, -0.15) is 0 Å². The standard InChI is InChI=1S/C23H34N4S2/c1-16-8-12-27(13-9-16)22(28)25-17-15-20-18(24-21(29-20)23(2,3)4)14-19(17)26-10-6-5-7-11-26/h14-16H,5-13H2,1-4H3,(H,25,28). The third kappa shape index (κ3) is 4.69. The van der Waals surface area contributed by atoms with Crippen LogP contribution in [0.5, 0.6) is 0 Å². The Balaban J connectivity index is 1.66. The molecule has 0 radical (unpaired) electrons. The van der Waals surface area contributed by atoms with Crippen molar-refractivity contribution in [3.05, 3.63) is 17.1 Å². The smallest absolute Gasteiger partial charge is 0.173 e. The number of thiocarbonyl (C=S) groups is 1. The lowest BCUT2D eigenvalue weighted by molar-refractivity contribution is 0.283. The van der Waals surface area contributed by atoms with E-state index >= 15 is 0 Å². The predicted octanol–water partition coefficient (Wildman–Crippen LogP) is 6.01. The zero-order valence-electron chi connectivity index (χ0n) is 18.3. The van der Waals surface area contributed by atoms with E-state index in [0.29, 0.717) is 0 Å². The molecular formula is C23H34N4S2. The number of fused-ring (bicyclic) bond motifs is 1. The van der Waals surface area contributed by atoms with Crippen molar-refractivity contribution in [2.45, 2.75) is 65.2 Å². The lowest BCUT2D eigenvalue weighted by Crippen LogP contribution is -2.40. The molecule has 2 fully saturated rings. The van der Waals surface area contributed by atoms with Crippen LogP contribution in [0, 0.1) is 5.92 Å². The topological polar surface area (TPSA) is 31.4 Å². The molecule has 6 heteroatoms. The van der Waals surface area contributed by atoms with Crippen LogP contribution in [0.25, 0.3) is 10.2 Å². The predicted molar refractivity (Wildman–Crippen MR) is 131 cm³/mol. The van der Waals surface area contributed by atoms with Gasteiger partial charge in [0.1, 0.15) is 0 Å². The maximum atomic E-state index is 5.83. The molecule has 158 valence electrons. The van der Waals surface area contributed by atoms with Gasteiger partial charge in [-0.1, -0.05) is 27.7 Å². The summed E-state index contributed by atoms with van der Waals surface area (Å²) >= 11 is 7.64. The van der Waals surface area contributed by atoms with Gasteiger partial charge in [-0.3, -0.25) is 0 Å². The Bertz CT molecular complexity index is 869. The minimum Gasteiger partial charge on any atom is -0.370 e. The average Bonchev–Trinajstić information content (AvgIpc) is 3.12. The first kappa shape index (κ1) is 20.9. The van der Waals surface area contributed by atoms with Crippen LogP contribution < -0.4 is 10.2 Å². The van der Waals surface area contributed by atoms with Crippen LogP contribution in [-0.4, -0.2) is 41.2 Å². The molecule has 2 aliphatic rings. The van der Waals surface area contributed by atoms with E-state index in [0.717, 1.165) is 48.4 Å². The van der Waals surface area contributed by atoms with Crippen LogP contribution in [0.4, 0.5) is 11.4 Å². The third-order valence-corrected chi connectivity index (χ3v) is 7.96. The highest BCUT2D eigenvalue weighted by atomic mass is 32.1. The summed E-state index contributed by atoms with van der Waals surface area (Å²) in [6.07, 6.45) is 6.30. The highest BCUT2D eigenvalue weighted by Crippen LogP contribution is 2.38. The van der Waals surface area contributed by atoms with Gasteiger partial charge >= 0.3 is 0 Å².